The predicted octanol–water partition coefficient (Wildman–Crippen LogP) is 3.77. The quantitative estimate of drug-likeness (QED) is 0.497. The Bertz CT molecular complexity index is 1170. The smallest absolute Gasteiger partial charge is 0.240 e. The fourth-order valence-electron chi connectivity index (χ4n) is 3.85. The first kappa shape index (κ1) is 24.8. The van der Waals surface area contributed by atoms with Gasteiger partial charge in [-0.2, -0.15) is 0 Å². The number of nitrogens with one attached hydrogen (secondary N) is 2. The van der Waals surface area contributed by atoms with Crippen molar-refractivity contribution in [2.24, 2.45) is 0 Å². The molecule has 0 saturated carbocycles. The summed E-state index contributed by atoms with van der Waals surface area (Å²) in [5.74, 6) is -0.387. The molecule has 2 amide bonds. The Hall–Kier alpha value is -3.27. The lowest BCUT2D eigenvalue weighted by molar-refractivity contribution is -0.119. The summed E-state index contributed by atoms with van der Waals surface area (Å²) in [4.78, 5) is 33.4. The summed E-state index contributed by atoms with van der Waals surface area (Å²) in [5.41, 5.74) is 6.13. The van der Waals surface area contributed by atoms with E-state index in [2.05, 4.69) is 46.5 Å². The summed E-state index contributed by atoms with van der Waals surface area (Å²) in [6, 6.07) is 14.0. The molecule has 1 aliphatic rings. The van der Waals surface area contributed by atoms with E-state index in [1.54, 1.807) is 11.9 Å². The second-order valence-electron chi connectivity index (χ2n) is 8.75. The number of benzene rings is 2. The molecular weight excluding hydrogens is 462 g/mol. The van der Waals surface area contributed by atoms with Crippen molar-refractivity contribution in [2.45, 2.75) is 13.8 Å². The number of ether oxygens (including phenoxy) is 1. The van der Waals surface area contributed by atoms with Gasteiger partial charge < -0.3 is 20.3 Å². The van der Waals surface area contributed by atoms with Gasteiger partial charge in [-0.05, 0) is 62.4 Å². The molecule has 9 heteroatoms. The maximum atomic E-state index is 12.5. The number of anilines is 3. The first-order chi connectivity index (χ1) is 16.9. The molecule has 8 nitrogen and oxygen atoms in total. The van der Waals surface area contributed by atoms with Crippen LogP contribution in [0.1, 0.15) is 11.1 Å². The summed E-state index contributed by atoms with van der Waals surface area (Å²) in [7, 11) is 1.74. The van der Waals surface area contributed by atoms with Crippen molar-refractivity contribution in [3.05, 3.63) is 59.0 Å². The van der Waals surface area contributed by atoms with E-state index < -0.39 is 0 Å². The van der Waals surface area contributed by atoms with E-state index in [0.717, 1.165) is 48.9 Å². The van der Waals surface area contributed by atoms with Gasteiger partial charge in [0, 0.05) is 35.4 Å². The Balaban J connectivity index is 1.23. The average molecular weight is 494 g/mol. The summed E-state index contributed by atoms with van der Waals surface area (Å²) in [5, 5.41) is 8.20. The second kappa shape index (κ2) is 11.4. The van der Waals surface area contributed by atoms with Crippen LogP contribution in [0.5, 0.6) is 0 Å². The molecule has 0 bridgehead atoms. The minimum atomic E-state index is -0.212. The van der Waals surface area contributed by atoms with Crippen molar-refractivity contribution in [3.8, 4) is 11.3 Å². The molecule has 0 aliphatic carbocycles. The van der Waals surface area contributed by atoms with E-state index >= 15 is 0 Å². The summed E-state index contributed by atoms with van der Waals surface area (Å²) >= 11 is 1.39. The number of hydrogen-bond donors (Lipinski definition) is 2. The molecule has 0 spiro atoms. The van der Waals surface area contributed by atoms with E-state index in [4.69, 9.17) is 4.74 Å². The van der Waals surface area contributed by atoms with Gasteiger partial charge in [0.05, 0.1) is 32.0 Å². The van der Waals surface area contributed by atoms with Crippen LogP contribution in [0.3, 0.4) is 0 Å². The fraction of sp³-hybridized carbons (Fsp3) is 0.346. The van der Waals surface area contributed by atoms with Gasteiger partial charge in [-0.25, -0.2) is 4.98 Å². The number of rotatable bonds is 8. The standard InChI is InChI=1S/C26H31N5O3S/c1-18-4-5-20(14-19(18)2)23-17-35-26(28-23)29-25(33)16-30(3)15-24(32)27-21-6-8-22(9-7-21)31-10-12-34-13-11-31/h4-9,14,17H,10-13,15-16H2,1-3H3,(H,27,32)(H,28,29,33). The van der Waals surface area contributed by atoms with Crippen LogP contribution in [0.25, 0.3) is 11.3 Å². The van der Waals surface area contributed by atoms with Gasteiger partial charge in [-0.3, -0.25) is 14.5 Å². The zero-order chi connectivity index (χ0) is 24.8. The highest BCUT2D eigenvalue weighted by Gasteiger charge is 2.14. The number of thiazole rings is 1. The van der Waals surface area contributed by atoms with E-state index in [9.17, 15) is 9.59 Å². The van der Waals surface area contributed by atoms with Gasteiger partial charge in [0.2, 0.25) is 11.8 Å². The van der Waals surface area contributed by atoms with Gasteiger partial charge in [-0.1, -0.05) is 12.1 Å². The van der Waals surface area contributed by atoms with E-state index in [0.29, 0.717) is 5.13 Å². The summed E-state index contributed by atoms with van der Waals surface area (Å²) in [6.45, 7) is 7.53. The van der Waals surface area contributed by atoms with Crippen LogP contribution in [0.4, 0.5) is 16.5 Å². The molecule has 1 aromatic heterocycles. The number of aryl methyl sites for hydroxylation is 2. The number of likely N-dealkylation sites (N-methyl/N-ethyl adjacent to an activating group) is 1. The maximum Gasteiger partial charge on any atom is 0.240 e. The average Bonchev–Trinajstić information content (AvgIpc) is 3.30. The third-order valence-electron chi connectivity index (χ3n) is 5.91. The Morgan fingerprint density at radius 2 is 1.69 bits per heavy atom. The molecule has 35 heavy (non-hydrogen) atoms. The zero-order valence-electron chi connectivity index (χ0n) is 20.3. The molecule has 1 saturated heterocycles. The second-order valence-corrected chi connectivity index (χ2v) is 9.61. The minimum Gasteiger partial charge on any atom is -0.378 e. The van der Waals surface area contributed by atoms with Gasteiger partial charge in [-0.15, -0.1) is 11.3 Å². The normalized spacial score (nSPS) is 13.7. The van der Waals surface area contributed by atoms with Crippen molar-refractivity contribution < 1.29 is 14.3 Å². The molecule has 3 aromatic rings. The molecule has 2 N–H and O–H groups in total. The van der Waals surface area contributed by atoms with E-state index in [1.807, 2.05) is 35.7 Å². The lowest BCUT2D eigenvalue weighted by Crippen LogP contribution is -2.36. The number of aromatic nitrogens is 1. The highest BCUT2D eigenvalue weighted by atomic mass is 32.1. The first-order valence-corrected chi connectivity index (χ1v) is 12.5. The number of carbonyl (C=O) groups is 2. The lowest BCUT2D eigenvalue weighted by Gasteiger charge is -2.28. The highest BCUT2D eigenvalue weighted by molar-refractivity contribution is 7.14. The van der Waals surface area contributed by atoms with Gasteiger partial charge in [0.25, 0.3) is 0 Å². The van der Waals surface area contributed by atoms with Crippen molar-refractivity contribution in [3.63, 3.8) is 0 Å². The summed E-state index contributed by atoms with van der Waals surface area (Å²) in [6.07, 6.45) is 0. The Kier molecular flexibility index (Phi) is 8.12. The zero-order valence-corrected chi connectivity index (χ0v) is 21.2. The molecule has 4 rings (SSSR count). The van der Waals surface area contributed by atoms with Crippen molar-refractivity contribution in [1.82, 2.24) is 9.88 Å². The monoisotopic (exact) mass is 493 g/mol. The molecule has 184 valence electrons. The van der Waals surface area contributed by atoms with Crippen LogP contribution < -0.4 is 15.5 Å². The van der Waals surface area contributed by atoms with E-state index in [1.165, 1.54) is 22.5 Å². The van der Waals surface area contributed by atoms with Gasteiger partial charge >= 0.3 is 0 Å². The van der Waals surface area contributed by atoms with Crippen molar-refractivity contribution in [1.29, 1.82) is 0 Å². The third kappa shape index (κ3) is 6.88. The Morgan fingerprint density at radius 1 is 1.00 bits per heavy atom. The number of morpholine rings is 1. The number of amides is 2. The van der Waals surface area contributed by atoms with Crippen LogP contribution in [0.2, 0.25) is 0 Å². The SMILES string of the molecule is Cc1ccc(-c2csc(NC(=O)CN(C)CC(=O)Nc3ccc(N4CCOCC4)cc3)n2)cc1C. The number of nitrogens with zero attached hydrogens (tertiary/aromatic N) is 3. The minimum absolute atomic E-state index is 0.0853. The summed E-state index contributed by atoms with van der Waals surface area (Å²) < 4.78 is 5.39. The topological polar surface area (TPSA) is 86.8 Å². The Morgan fingerprint density at radius 3 is 2.37 bits per heavy atom. The first-order valence-electron chi connectivity index (χ1n) is 11.6. The van der Waals surface area contributed by atoms with Crippen LogP contribution in [0.15, 0.2) is 47.8 Å². The molecular formula is C26H31N5O3S. The van der Waals surface area contributed by atoms with Crippen LogP contribution in [-0.4, -0.2) is 68.1 Å². The maximum absolute atomic E-state index is 12.5. The largest absolute Gasteiger partial charge is 0.378 e. The highest BCUT2D eigenvalue weighted by Crippen LogP contribution is 2.26. The molecule has 1 aliphatic heterocycles. The fourth-order valence-corrected chi connectivity index (χ4v) is 4.58. The predicted molar refractivity (Wildman–Crippen MR) is 141 cm³/mol. The molecule has 0 unspecified atom stereocenters. The van der Waals surface area contributed by atoms with Gasteiger partial charge in [0.1, 0.15) is 0 Å². The van der Waals surface area contributed by atoms with Crippen LogP contribution in [0, 0.1) is 13.8 Å². The molecule has 1 fully saturated rings. The van der Waals surface area contributed by atoms with Crippen LogP contribution in [-0.2, 0) is 14.3 Å². The lowest BCUT2D eigenvalue weighted by atomic mass is 10.1. The third-order valence-corrected chi connectivity index (χ3v) is 6.67. The molecule has 0 radical (unpaired) electrons. The molecule has 2 aromatic carbocycles. The van der Waals surface area contributed by atoms with Gasteiger partial charge in [0.15, 0.2) is 5.13 Å². The number of carbonyl (C=O) groups excluding carboxylic acids is 2. The van der Waals surface area contributed by atoms with Crippen molar-refractivity contribution in [2.75, 3.05) is 62.0 Å². The van der Waals surface area contributed by atoms with Crippen molar-refractivity contribution >= 4 is 39.7 Å². The Labute approximate surface area is 209 Å². The molecule has 2 heterocycles. The number of hydrogen-bond acceptors (Lipinski definition) is 7. The van der Waals surface area contributed by atoms with Crippen LogP contribution >= 0.6 is 11.3 Å². The molecule has 0 atom stereocenters. The van der Waals surface area contributed by atoms with E-state index in [-0.39, 0.29) is 24.9 Å².